The minimum Gasteiger partial charge on any atom is -0.462 e. The number of esters is 3. The van der Waals surface area contributed by atoms with Gasteiger partial charge in [0.2, 0.25) is 0 Å². The molecule has 0 amide bonds. The summed E-state index contributed by atoms with van der Waals surface area (Å²) < 4.78 is 16.9. The van der Waals surface area contributed by atoms with Gasteiger partial charge in [-0.05, 0) is 77.0 Å². The lowest BCUT2D eigenvalue weighted by Gasteiger charge is -2.18. The zero-order valence-electron chi connectivity index (χ0n) is 48.5. The largest absolute Gasteiger partial charge is 0.462 e. The molecule has 0 aromatic heterocycles. The molecule has 0 fully saturated rings. The molecule has 72 heavy (non-hydrogen) atoms. The van der Waals surface area contributed by atoms with E-state index in [2.05, 4.69) is 57.2 Å². The van der Waals surface area contributed by atoms with Gasteiger partial charge in [-0.2, -0.15) is 0 Å². The Morgan fingerprint density at radius 2 is 0.500 bits per heavy atom. The molecule has 0 rings (SSSR count). The lowest BCUT2D eigenvalue weighted by Crippen LogP contribution is -2.30. The normalized spacial score (nSPS) is 12.2. The molecule has 0 heterocycles. The van der Waals surface area contributed by atoms with Crippen molar-refractivity contribution >= 4 is 17.9 Å². The van der Waals surface area contributed by atoms with Gasteiger partial charge in [0.1, 0.15) is 13.2 Å². The van der Waals surface area contributed by atoms with Gasteiger partial charge in [-0.3, -0.25) is 14.4 Å². The van der Waals surface area contributed by atoms with Crippen molar-refractivity contribution in [2.45, 2.75) is 354 Å². The molecule has 1 atom stereocenters. The summed E-state index contributed by atoms with van der Waals surface area (Å²) in [6, 6.07) is 0. The van der Waals surface area contributed by atoms with Crippen LogP contribution < -0.4 is 0 Å². The van der Waals surface area contributed by atoms with Crippen LogP contribution in [0.5, 0.6) is 0 Å². The van der Waals surface area contributed by atoms with Crippen LogP contribution in [0.25, 0.3) is 0 Å². The highest BCUT2D eigenvalue weighted by atomic mass is 16.6. The molecule has 0 bridgehead atoms. The van der Waals surface area contributed by atoms with Crippen LogP contribution in [0.3, 0.4) is 0 Å². The average molecular weight is 1010 g/mol. The third-order valence-corrected chi connectivity index (χ3v) is 14.4. The Balaban J connectivity index is 4.31. The Kier molecular flexibility index (Phi) is 59.2. The fourth-order valence-corrected chi connectivity index (χ4v) is 9.53. The van der Waals surface area contributed by atoms with E-state index in [1.807, 2.05) is 0 Å². The first-order valence-corrected chi connectivity index (χ1v) is 32.0. The molecule has 0 saturated heterocycles. The van der Waals surface area contributed by atoms with Gasteiger partial charge in [0.05, 0.1) is 0 Å². The van der Waals surface area contributed by atoms with Crippen molar-refractivity contribution in [3.8, 4) is 0 Å². The average Bonchev–Trinajstić information content (AvgIpc) is 3.38. The van der Waals surface area contributed by atoms with E-state index in [4.69, 9.17) is 14.2 Å². The highest BCUT2D eigenvalue weighted by Crippen LogP contribution is 2.17. The summed E-state index contributed by atoms with van der Waals surface area (Å²) in [5, 5.41) is 0. The van der Waals surface area contributed by atoms with Crippen LogP contribution in [-0.4, -0.2) is 37.2 Å². The van der Waals surface area contributed by atoms with E-state index in [0.29, 0.717) is 19.3 Å². The molecular weight excluding hydrogens is 889 g/mol. The van der Waals surface area contributed by atoms with Crippen LogP contribution in [0.15, 0.2) is 36.5 Å². The minimum absolute atomic E-state index is 0.0722. The molecule has 6 nitrogen and oxygen atoms in total. The van der Waals surface area contributed by atoms with E-state index in [0.717, 1.165) is 70.6 Å². The van der Waals surface area contributed by atoms with Crippen molar-refractivity contribution in [3.63, 3.8) is 0 Å². The second-order valence-corrected chi connectivity index (χ2v) is 21.7. The second-order valence-electron chi connectivity index (χ2n) is 21.7. The fraction of sp³-hybridized carbons (Fsp3) is 0.864. The summed E-state index contributed by atoms with van der Waals surface area (Å²) in [6.07, 6.45) is 74.3. The molecule has 0 N–H and O–H groups in total. The lowest BCUT2D eigenvalue weighted by atomic mass is 10.0. The van der Waals surface area contributed by atoms with Crippen molar-refractivity contribution in [3.05, 3.63) is 36.5 Å². The first-order chi connectivity index (χ1) is 35.5. The Hall–Kier alpha value is -2.37. The van der Waals surface area contributed by atoms with Crippen molar-refractivity contribution in [2.24, 2.45) is 0 Å². The number of carbonyl (C=O) groups is 3. The Labute approximate surface area is 448 Å². The molecule has 0 aliphatic heterocycles. The summed E-state index contributed by atoms with van der Waals surface area (Å²) >= 11 is 0. The summed E-state index contributed by atoms with van der Waals surface area (Å²) in [5.41, 5.74) is 0. The van der Waals surface area contributed by atoms with Gasteiger partial charge in [-0.25, -0.2) is 0 Å². The second kappa shape index (κ2) is 61.2. The summed E-state index contributed by atoms with van der Waals surface area (Å²) in [7, 11) is 0. The molecule has 0 aromatic rings. The third-order valence-electron chi connectivity index (χ3n) is 14.4. The van der Waals surface area contributed by atoms with E-state index in [9.17, 15) is 14.4 Å². The van der Waals surface area contributed by atoms with Gasteiger partial charge < -0.3 is 14.2 Å². The minimum atomic E-state index is -0.776. The van der Waals surface area contributed by atoms with Gasteiger partial charge >= 0.3 is 17.9 Å². The maximum Gasteiger partial charge on any atom is 0.306 e. The van der Waals surface area contributed by atoms with Crippen LogP contribution in [-0.2, 0) is 28.6 Å². The number of ether oxygens (including phenoxy) is 3. The Morgan fingerprint density at radius 3 is 0.806 bits per heavy atom. The maximum atomic E-state index is 12.9. The van der Waals surface area contributed by atoms with Crippen molar-refractivity contribution in [1.29, 1.82) is 0 Å². The Bertz CT molecular complexity index is 1210. The van der Waals surface area contributed by atoms with Crippen LogP contribution in [0.1, 0.15) is 348 Å². The molecule has 0 aliphatic rings. The smallest absolute Gasteiger partial charge is 0.306 e. The monoisotopic (exact) mass is 1010 g/mol. The van der Waals surface area contributed by atoms with Crippen molar-refractivity contribution in [2.75, 3.05) is 13.2 Å². The molecule has 0 aromatic carbocycles. The summed E-state index contributed by atoms with van der Waals surface area (Å²) in [6.45, 7) is 6.66. The molecule has 6 heteroatoms. The number of allylic oxidation sites excluding steroid dienone is 6. The maximum absolute atomic E-state index is 12.9. The van der Waals surface area contributed by atoms with Gasteiger partial charge in [-0.15, -0.1) is 0 Å². The predicted molar refractivity (Wildman–Crippen MR) is 312 cm³/mol. The molecule has 0 radical (unpaired) electrons. The zero-order valence-corrected chi connectivity index (χ0v) is 48.5. The highest BCUT2D eigenvalue weighted by Gasteiger charge is 2.19. The van der Waals surface area contributed by atoms with Crippen LogP contribution in [0.2, 0.25) is 0 Å². The molecular formula is C66H122O6. The van der Waals surface area contributed by atoms with Crippen molar-refractivity contribution < 1.29 is 28.6 Å². The molecule has 0 spiro atoms. The first-order valence-electron chi connectivity index (χ1n) is 32.0. The van der Waals surface area contributed by atoms with Gasteiger partial charge in [0, 0.05) is 19.3 Å². The SMILES string of the molecule is CCCCC/C=C\C/C=C\CCCCCCCCCCCC(=O)OC(COC(=O)CCCCCCC/C=C\CCCCCCC)COC(=O)CCCCCCCCCCCCCCCCCCCCCCC. The third kappa shape index (κ3) is 58.5. The van der Waals surface area contributed by atoms with Crippen LogP contribution in [0, 0.1) is 0 Å². The summed E-state index contributed by atoms with van der Waals surface area (Å²) in [4.78, 5) is 38.3. The van der Waals surface area contributed by atoms with E-state index in [1.165, 1.54) is 238 Å². The molecule has 0 aliphatic carbocycles. The molecule has 422 valence electrons. The predicted octanol–water partition coefficient (Wildman–Crippen LogP) is 21.6. The van der Waals surface area contributed by atoms with Crippen molar-refractivity contribution in [1.82, 2.24) is 0 Å². The molecule has 0 saturated carbocycles. The zero-order chi connectivity index (χ0) is 52.2. The topological polar surface area (TPSA) is 78.9 Å². The van der Waals surface area contributed by atoms with E-state index >= 15 is 0 Å². The van der Waals surface area contributed by atoms with E-state index < -0.39 is 6.10 Å². The highest BCUT2D eigenvalue weighted by molar-refractivity contribution is 5.71. The van der Waals surface area contributed by atoms with Crippen LogP contribution >= 0.6 is 0 Å². The molecule has 1 unspecified atom stereocenters. The number of rotatable bonds is 59. The van der Waals surface area contributed by atoms with Gasteiger partial charge in [0.25, 0.3) is 0 Å². The van der Waals surface area contributed by atoms with Crippen LogP contribution in [0.4, 0.5) is 0 Å². The Morgan fingerprint density at radius 1 is 0.278 bits per heavy atom. The number of carbonyl (C=O) groups excluding carboxylic acids is 3. The quantitative estimate of drug-likeness (QED) is 0.0261. The van der Waals surface area contributed by atoms with Gasteiger partial charge in [-0.1, -0.05) is 288 Å². The summed E-state index contributed by atoms with van der Waals surface area (Å²) in [5.74, 6) is -0.862. The number of hydrogen-bond acceptors (Lipinski definition) is 6. The van der Waals surface area contributed by atoms with E-state index in [-0.39, 0.29) is 31.1 Å². The van der Waals surface area contributed by atoms with Gasteiger partial charge in [0.15, 0.2) is 6.10 Å². The first kappa shape index (κ1) is 69.6. The standard InChI is InChI=1S/C66H122O6/c1-4-7-10-13-16-19-22-25-28-30-32-33-35-36-38-41-44-47-50-53-56-59-65(68)71-62-63(61-70-64(67)58-55-52-49-46-43-40-27-24-21-18-15-12-9-6-3)72-66(69)60-57-54-51-48-45-42-39-37-34-31-29-26-23-20-17-14-11-8-5-2/h17,20,24,26-27,29,63H,4-16,18-19,21-23,25,28,30-62H2,1-3H3/b20-17-,27-24-,29-26-. The number of unbranched alkanes of at least 4 members (excludes halogenated alkanes) is 42. The lowest BCUT2D eigenvalue weighted by molar-refractivity contribution is -0.167. The number of hydrogen-bond donors (Lipinski definition) is 0. The van der Waals surface area contributed by atoms with E-state index in [1.54, 1.807) is 0 Å². The fourth-order valence-electron chi connectivity index (χ4n) is 9.53.